The van der Waals surface area contributed by atoms with Gasteiger partial charge in [0.15, 0.2) is 0 Å². The molecule has 3 rings (SSSR count). The Labute approximate surface area is 85.3 Å². The maximum Gasteiger partial charge on any atom is 0.309 e. The van der Waals surface area contributed by atoms with Crippen LogP contribution in [0.3, 0.4) is 0 Å². The topological polar surface area (TPSA) is 26.3 Å². The summed E-state index contributed by atoms with van der Waals surface area (Å²) in [6, 6.07) is 0. The van der Waals surface area contributed by atoms with Gasteiger partial charge in [-0.15, -0.1) is 0 Å². The monoisotopic (exact) mass is 194 g/mol. The highest BCUT2D eigenvalue weighted by Gasteiger charge is 2.45. The van der Waals surface area contributed by atoms with Gasteiger partial charge in [0.05, 0.1) is 12.5 Å². The van der Waals surface area contributed by atoms with Crippen LogP contribution in [-0.4, -0.2) is 12.6 Å². The second-order valence-electron chi connectivity index (χ2n) is 4.70. The minimum absolute atomic E-state index is 0.00375. The van der Waals surface area contributed by atoms with E-state index in [2.05, 4.69) is 19.1 Å². The van der Waals surface area contributed by atoms with Gasteiger partial charge in [-0.1, -0.05) is 19.1 Å². The summed E-state index contributed by atoms with van der Waals surface area (Å²) in [5, 5.41) is 0. The van der Waals surface area contributed by atoms with Crippen molar-refractivity contribution in [2.45, 2.75) is 33.1 Å². The van der Waals surface area contributed by atoms with E-state index >= 15 is 0 Å². The number of rotatable bonds is 2. The second-order valence-corrected chi connectivity index (χ2v) is 4.70. The van der Waals surface area contributed by atoms with E-state index in [4.69, 9.17) is 4.74 Å². The zero-order chi connectivity index (χ0) is 10.2. The summed E-state index contributed by atoms with van der Waals surface area (Å²) in [7, 11) is 0. The molecular formula is C12H18O2. The number of esters is 1. The average Bonchev–Trinajstić information content (AvgIpc) is 2.18. The molecule has 0 saturated heterocycles. The first-order valence-corrected chi connectivity index (χ1v) is 5.52. The first-order chi connectivity index (χ1) is 6.65. The molecule has 78 valence electrons. The third-order valence-corrected chi connectivity index (χ3v) is 3.71. The van der Waals surface area contributed by atoms with Gasteiger partial charge in [0.25, 0.3) is 0 Å². The maximum absolute atomic E-state index is 11.7. The Morgan fingerprint density at radius 1 is 1.64 bits per heavy atom. The summed E-state index contributed by atoms with van der Waals surface area (Å²) in [5.41, 5.74) is 0.0704. The fourth-order valence-corrected chi connectivity index (χ4v) is 2.70. The molecule has 2 bridgehead atoms. The highest BCUT2D eigenvalue weighted by Crippen LogP contribution is 2.49. The van der Waals surface area contributed by atoms with E-state index in [0.29, 0.717) is 12.5 Å². The fraction of sp³-hybridized carbons (Fsp3) is 0.750. The molecule has 0 aromatic heterocycles. The van der Waals surface area contributed by atoms with Crippen LogP contribution >= 0.6 is 0 Å². The quantitative estimate of drug-likeness (QED) is 0.499. The van der Waals surface area contributed by atoms with Gasteiger partial charge < -0.3 is 4.74 Å². The number of fused-ring (bicyclic) bond motifs is 2. The summed E-state index contributed by atoms with van der Waals surface area (Å²) in [6.45, 7) is 4.55. The smallest absolute Gasteiger partial charge is 0.309 e. The average molecular weight is 194 g/mol. The van der Waals surface area contributed by atoms with Crippen molar-refractivity contribution in [2.24, 2.45) is 17.3 Å². The largest absolute Gasteiger partial charge is 0.466 e. The normalized spacial score (nSPS) is 39.9. The Bertz CT molecular complexity index is 269. The van der Waals surface area contributed by atoms with Crippen molar-refractivity contribution in [2.75, 3.05) is 6.61 Å². The predicted octanol–water partition coefficient (Wildman–Crippen LogP) is 2.54. The van der Waals surface area contributed by atoms with Crippen molar-refractivity contribution in [3.05, 3.63) is 12.2 Å². The van der Waals surface area contributed by atoms with E-state index in [1.807, 2.05) is 6.92 Å². The zero-order valence-corrected chi connectivity index (χ0v) is 8.95. The SMILES string of the molecule is CCOC(=O)[C@@H]1C[C@@H]2C=C[C@@]1(C)CC2. The van der Waals surface area contributed by atoms with E-state index in [1.54, 1.807) is 0 Å². The van der Waals surface area contributed by atoms with Crippen LogP contribution in [0.25, 0.3) is 0 Å². The Morgan fingerprint density at radius 2 is 2.43 bits per heavy atom. The van der Waals surface area contributed by atoms with Gasteiger partial charge in [-0.2, -0.15) is 0 Å². The van der Waals surface area contributed by atoms with E-state index in [0.717, 1.165) is 12.8 Å². The molecule has 0 aromatic rings. The van der Waals surface area contributed by atoms with Crippen molar-refractivity contribution in [3.8, 4) is 0 Å². The predicted molar refractivity (Wildman–Crippen MR) is 54.7 cm³/mol. The summed E-state index contributed by atoms with van der Waals surface area (Å²) < 4.78 is 5.13. The van der Waals surface area contributed by atoms with Crippen LogP contribution in [0.1, 0.15) is 33.1 Å². The first-order valence-electron chi connectivity index (χ1n) is 5.52. The number of hydrogen-bond donors (Lipinski definition) is 0. The van der Waals surface area contributed by atoms with Crippen LogP contribution < -0.4 is 0 Å². The number of carbonyl (C=O) groups is 1. The Morgan fingerprint density at radius 3 is 2.93 bits per heavy atom. The summed E-state index contributed by atoms with van der Waals surface area (Å²) in [4.78, 5) is 11.7. The number of allylic oxidation sites excluding steroid dienone is 2. The second kappa shape index (κ2) is 3.41. The standard InChI is InChI=1S/C12H18O2/c1-3-14-11(13)10-8-9-4-6-12(10,2)7-5-9/h4,6,9-10H,3,5,7-8H2,1-2H3/t9-,10+,12+/m1/s1. The lowest BCUT2D eigenvalue weighted by Crippen LogP contribution is -2.41. The molecule has 0 aromatic carbocycles. The molecular weight excluding hydrogens is 176 g/mol. The van der Waals surface area contributed by atoms with Crippen molar-refractivity contribution in [1.29, 1.82) is 0 Å². The Balaban J connectivity index is 2.14. The fourth-order valence-electron chi connectivity index (χ4n) is 2.70. The van der Waals surface area contributed by atoms with Crippen molar-refractivity contribution < 1.29 is 9.53 Å². The molecule has 3 aliphatic carbocycles. The van der Waals surface area contributed by atoms with E-state index in [9.17, 15) is 4.79 Å². The van der Waals surface area contributed by atoms with Crippen LogP contribution in [0.5, 0.6) is 0 Å². The summed E-state index contributed by atoms with van der Waals surface area (Å²) in [5.74, 6) is 0.724. The molecule has 0 N–H and O–H groups in total. The molecule has 1 fully saturated rings. The zero-order valence-electron chi connectivity index (χ0n) is 8.95. The molecule has 3 aliphatic rings. The van der Waals surface area contributed by atoms with Gasteiger partial charge in [0.1, 0.15) is 0 Å². The van der Waals surface area contributed by atoms with E-state index in [1.165, 1.54) is 6.42 Å². The van der Waals surface area contributed by atoms with E-state index < -0.39 is 0 Å². The minimum atomic E-state index is 0.00375. The molecule has 0 radical (unpaired) electrons. The van der Waals surface area contributed by atoms with Crippen molar-refractivity contribution in [3.63, 3.8) is 0 Å². The first kappa shape index (κ1) is 9.75. The van der Waals surface area contributed by atoms with Gasteiger partial charge in [0, 0.05) is 0 Å². The highest BCUT2D eigenvalue weighted by atomic mass is 16.5. The van der Waals surface area contributed by atoms with Crippen LogP contribution in [0.15, 0.2) is 12.2 Å². The van der Waals surface area contributed by atoms with Crippen molar-refractivity contribution in [1.82, 2.24) is 0 Å². The lowest BCUT2D eigenvalue weighted by atomic mass is 9.60. The molecule has 0 heterocycles. The number of hydrogen-bond acceptors (Lipinski definition) is 2. The lowest BCUT2D eigenvalue weighted by molar-refractivity contribution is -0.154. The molecule has 2 nitrogen and oxygen atoms in total. The number of carbonyl (C=O) groups excluding carboxylic acids is 1. The highest BCUT2D eigenvalue weighted by molar-refractivity contribution is 5.74. The molecule has 1 saturated carbocycles. The summed E-state index contributed by atoms with van der Waals surface area (Å²) in [6.07, 6.45) is 7.87. The van der Waals surface area contributed by atoms with Gasteiger partial charge in [-0.25, -0.2) is 0 Å². The molecule has 0 spiro atoms. The van der Waals surface area contributed by atoms with E-state index in [-0.39, 0.29) is 17.3 Å². The third-order valence-electron chi connectivity index (χ3n) is 3.71. The minimum Gasteiger partial charge on any atom is -0.466 e. The molecule has 0 amide bonds. The molecule has 14 heavy (non-hydrogen) atoms. The molecule has 2 heteroatoms. The molecule has 0 unspecified atom stereocenters. The van der Waals surface area contributed by atoms with Crippen LogP contribution in [-0.2, 0) is 9.53 Å². The van der Waals surface area contributed by atoms with Crippen LogP contribution in [0.4, 0.5) is 0 Å². The summed E-state index contributed by atoms with van der Waals surface area (Å²) >= 11 is 0. The van der Waals surface area contributed by atoms with Crippen molar-refractivity contribution >= 4 is 5.97 Å². The maximum atomic E-state index is 11.7. The third kappa shape index (κ3) is 1.47. The van der Waals surface area contributed by atoms with Gasteiger partial charge in [-0.3, -0.25) is 4.79 Å². The van der Waals surface area contributed by atoms with Crippen LogP contribution in [0.2, 0.25) is 0 Å². The van der Waals surface area contributed by atoms with Gasteiger partial charge in [-0.05, 0) is 37.5 Å². The Kier molecular flexibility index (Phi) is 2.38. The lowest BCUT2D eigenvalue weighted by Gasteiger charge is -2.44. The van der Waals surface area contributed by atoms with Gasteiger partial charge in [0.2, 0.25) is 0 Å². The number of ether oxygens (including phenoxy) is 1. The van der Waals surface area contributed by atoms with Gasteiger partial charge >= 0.3 is 5.97 Å². The molecule has 0 aliphatic heterocycles. The van der Waals surface area contributed by atoms with Crippen LogP contribution in [0, 0.1) is 17.3 Å². The molecule has 3 atom stereocenters. The Hall–Kier alpha value is -0.790.